The van der Waals surface area contributed by atoms with Crippen molar-refractivity contribution in [3.8, 4) is 0 Å². The highest BCUT2D eigenvalue weighted by molar-refractivity contribution is 7.80. The molecule has 0 aliphatic heterocycles. The molecule has 0 aromatic carbocycles. The van der Waals surface area contributed by atoms with Crippen molar-refractivity contribution < 1.29 is 0 Å². The molecule has 1 aliphatic rings. The Morgan fingerprint density at radius 1 is 1.38 bits per heavy atom. The molecule has 0 heterocycles. The fourth-order valence-electron chi connectivity index (χ4n) is 0.771. The quantitative estimate of drug-likeness (QED) is 0.511. The smallest absolute Gasteiger partial charge is 0.00862 e. The molecule has 0 spiro atoms. The van der Waals surface area contributed by atoms with Gasteiger partial charge < -0.3 is 0 Å². The second kappa shape index (κ2) is 2.40. The van der Waals surface area contributed by atoms with Crippen LogP contribution in [0.5, 0.6) is 0 Å². The highest BCUT2D eigenvalue weighted by Crippen LogP contribution is 2.16. The molecule has 0 unspecified atom stereocenters. The fraction of sp³-hybridized carbons (Fsp3) is 0.429. The molecule has 0 radical (unpaired) electrons. The summed E-state index contributed by atoms with van der Waals surface area (Å²) in [6, 6.07) is 0. The van der Waals surface area contributed by atoms with Crippen molar-refractivity contribution in [2.75, 3.05) is 0 Å². The Morgan fingerprint density at radius 2 is 1.88 bits per heavy atom. The van der Waals surface area contributed by atoms with Crippen molar-refractivity contribution in [3.05, 3.63) is 24.3 Å². The van der Waals surface area contributed by atoms with Crippen LogP contribution in [-0.2, 0) is 0 Å². The Morgan fingerprint density at radius 3 is 2.12 bits per heavy atom. The van der Waals surface area contributed by atoms with Crippen molar-refractivity contribution in [3.63, 3.8) is 0 Å². The Balaban J connectivity index is 2.49. The highest BCUT2D eigenvalue weighted by atomic mass is 32.1. The van der Waals surface area contributed by atoms with Gasteiger partial charge in [0.1, 0.15) is 0 Å². The number of allylic oxidation sites excluding steroid dienone is 4. The van der Waals surface area contributed by atoms with Gasteiger partial charge in [-0.15, -0.1) is 0 Å². The molecular weight excluding hydrogens is 116 g/mol. The lowest BCUT2D eigenvalue weighted by molar-refractivity contribution is 0.810. The summed E-state index contributed by atoms with van der Waals surface area (Å²) < 4.78 is 0. The monoisotopic (exact) mass is 126 g/mol. The van der Waals surface area contributed by atoms with E-state index < -0.39 is 0 Å². The third-order valence-electron chi connectivity index (χ3n) is 1.33. The van der Waals surface area contributed by atoms with Gasteiger partial charge in [-0.25, -0.2) is 0 Å². The molecule has 44 valence electrons. The number of thiol groups is 1. The first-order valence-electron chi connectivity index (χ1n) is 2.84. The molecular formula is C7H10S. The van der Waals surface area contributed by atoms with E-state index in [2.05, 4.69) is 43.9 Å². The maximum absolute atomic E-state index is 4.29. The van der Waals surface area contributed by atoms with Gasteiger partial charge in [0.2, 0.25) is 0 Å². The van der Waals surface area contributed by atoms with Gasteiger partial charge in [-0.3, -0.25) is 0 Å². The summed E-state index contributed by atoms with van der Waals surface area (Å²) in [4.78, 5) is 0. The maximum Gasteiger partial charge on any atom is 0.00862 e. The number of hydrogen-bond donors (Lipinski definition) is 1. The van der Waals surface area contributed by atoms with Gasteiger partial charge in [0, 0.05) is 11.2 Å². The minimum atomic E-state index is 0.463. The molecule has 0 saturated carbocycles. The third kappa shape index (κ3) is 1.16. The molecule has 0 fully saturated rings. The van der Waals surface area contributed by atoms with Gasteiger partial charge >= 0.3 is 0 Å². The molecule has 0 amide bonds. The Bertz CT molecular complexity index is 110. The lowest BCUT2D eigenvalue weighted by Gasteiger charge is -2.06. The number of rotatable bonds is 1. The molecule has 1 rings (SSSR count). The summed E-state index contributed by atoms with van der Waals surface area (Å²) in [5, 5.41) is 0.463. The lowest BCUT2D eigenvalue weighted by Crippen LogP contribution is -2.02. The van der Waals surface area contributed by atoms with Crippen molar-refractivity contribution >= 4 is 12.6 Å². The summed E-state index contributed by atoms with van der Waals surface area (Å²) in [5.74, 6) is 0.568. The van der Waals surface area contributed by atoms with Crippen LogP contribution in [0.25, 0.3) is 0 Å². The Labute approximate surface area is 55.7 Å². The van der Waals surface area contributed by atoms with E-state index >= 15 is 0 Å². The van der Waals surface area contributed by atoms with Crippen LogP contribution < -0.4 is 0 Å². The van der Waals surface area contributed by atoms with Crippen LogP contribution in [0.1, 0.15) is 6.92 Å². The first-order chi connectivity index (χ1) is 3.80. The van der Waals surface area contributed by atoms with E-state index in [0.29, 0.717) is 11.2 Å². The molecule has 1 heteroatoms. The topological polar surface area (TPSA) is 0 Å². The summed E-state index contributed by atoms with van der Waals surface area (Å²) in [6.45, 7) is 2.10. The van der Waals surface area contributed by atoms with E-state index in [1.54, 1.807) is 0 Å². The van der Waals surface area contributed by atoms with Gasteiger partial charge in [0.25, 0.3) is 0 Å². The van der Waals surface area contributed by atoms with Crippen molar-refractivity contribution in [1.29, 1.82) is 0 Å². The molecule has 0 bridgehead atoms. The second-order valence-electron chi connectivity index (χ2n) is 2.09. The molecule has 1 atom stereocenters. The number of hydrogen-bond acceptors (Lipinski definition) is 1. The molecule has 1 aliphatic carbocycles. The molecule has 0 N–H and O–H groups in total. The zero-order valence-corrected chi connectivity index (χ0v) is 5.81. The molecule has 0 nitrogen and oxygen atoms in total. The molecule has 0 aromatic heterocycles. The van der Waals surface area contributed by atoms with Crippen LogP contribution in [0.15, 0.2) is 24.3 Å². The standard InChI is InChI=1S/C7H10S/c1-6(8)7-4-2-3-5-7/h2-8H,1H3/t6-/m1/s1. The van der Waals surface area contributed by atoms with Crippen molar-refractivity contribution in [1.82, 2.24) is 0 Å². The third-order valence-corrected chi connectivity index (χ3v) is 1.68. The zero-order valence-electron chi connectivity index (χ0n) is 4.91. The van der Waals surface area contributed by atoms with Gasteiger partial charge in [0.05, 0.1) is 0 Å². The van der Waals surface area contributed by atoms with Crippen LogP contribution >= 0.6 is 12.6 Å². The van der Waals surface area contributed by atoms with E-state index in [-0.39, 0.29) is 0 Å². The Hall–Kier alpha value is -0.170. The van der Waals surface area contributed by atoms with E-state index in [0.717, 1.165) is 0 Å². The molecule has 8 heavy (non-hydrogen) atoms. The average Bonchev–Trinajstić information content (AvgIpc) is 2.12. The predicted molar refractivity (Wildman–Crippen MR) is 40.2 cm³/mol. The van der Waals surface area contributed by atoms with Crippen molar-refractivity contribution in [2.45, 2.75) is 12.2 Å². The van der Waals surface area contributed by atoms with E-state index in [1.807, 2.05) is 0 Å². The summed E-state index contributed by atoms with van der Waals surface area (Å²) >= 11 is 4.29. The zero-order chi connectivity index (χ0) is 5.98. The lowest BCUT2D eigenvalue weighted by atomic mass is 10.1. The minimum absolute atomic E-state index is 0.463. The van der Waals surface area contributed by atoms with Gasteiger partial charge in [0.15, 0.2) is 0 Å². The minimum Gasteiger partial charge on any atom is -0.175 e. The van der Waals surface area contributed by atoms with Gasteiger partial charge in [-0.2, -0.15) is 12.6 Å². The first-order valence-corrected chi connectivity index (χ1v) is 3.35. The van der Waals surface area contributed by atoms with Crippen molar-refractivity contribution in [2.24, 2.45) is 5.92 Å². The average molecular weight is 126 g/mol. The van der Waals surface area contributed by atoms with Gasteiger partial charge in [-0.05, 0) is 0 Å². The Kier molecular flexibility index (Phi) is 1.79. The summed E-state index contributed by atoms with van der Waals surface area (Å²) in [5.41, 5.74) is 0. The maximum atomic E-state index is 4.29. The second-order valence-corrected chi connectivity index (χ2v) is 2.90. The highest BCUT2D eigenvalue weighted by Gasteiger charge is 2.07. The normalized spacial score (nSPS) is 22.2. The molecule has 0 saturated heterocycles. The van der Waals surface area contributed by atoms with Crippen LogP contribution in [0.3, 0.4) is 0 Å². The van der Waals surface area contributed by atoms with Crippen LogP contribution in [0.4, 0.5) is 0 Å². The van der Waals surface area contributed by atoms with Crippen LogP contribution in [0, 0.1) is 5.92 Å². The van der Waals surface area contributed by atoms with Crippen LogP contribution in [-0.4, -0.2) is 5.25 Å². The predicted octanol–water partition coefficient (Wildman–Crippen LogP) is 2.05. The molecule has 0 aromatic rings. The van der Waals surface area contributed by atoms with Crippen LogP contribution in [0.2, 0.25) is 0 Å². The van der Waals surface area contributed by atoms with E-state index in [9.17, 15) is 0 Å². The van der Waals surface area contributed by atoms with E-state index in [1.165, 1.54) is 0 Å². The largest absolute Gasteiger partial charge is 0.175 e. The van der Waals surface area contributed by atoms with Gasteiger partial charge in [-0.1, -0.05) is 31.2 Å². The SMILES string of the molecule is C[C@@H](S)C1C=CC=C1. The fourth-order valence-corrected chi connectivity index (χ4v) is 0.969. The van der Waals surface area contributed by atoms with E-state index in [4.69, 9.17) is 0 Å². The first kappa shape index (κ1) is 5.96. The summed E-state index contributed by atoms with van der Waals surface area (Å²) in [6.07, 6.45) is 8.46. The summed E-state index contributed by atoms with van der Waals surface area (Å²) in [7, 11) is 0.